The molecule has 4 rings (SSSR count). The van der Waals surface area contributed by atoms with Crippen molar-refractivity contribution in [1.29, 1.82) is 0 Å². The van der Waals surface area contributed by atoms with E-state index in [2.05, 4.69) is 5.32 Å². The van der Waals surface area contributed by atoms with Crippen LogP contribution in [-0.4, -0.2) is 45.1 Å². The van der Waals surface area contributed by atoms with E-state index in [9.17, 15) is 14.0 Å². The Bertz CT molecular complexity index is 1250. The van der Waals surface area contributed by atoms with Gasteiger partial charge in [-0.2, -0.15) is 0 Å². The molecule has 0 saturated carbocycles. The number of nitrogens with zero attached hydrogens (tertiary/aromatic N) is 1. The average molecular weight is 464 g/mol. The summed E-state index contributed by atoms with van der Waals surface area (Å²) in [7, 11) is 6.04. The first-order chi connectivity index (χ1) is 16.4. The predicted octanol–water partition coefficient (Wildman–Crippen LogP) is 4.40. The molecule has 0 unspecified atom stereocenters. The molecule has 2 amide bonds. The molecule has 0 bridgehead atoms. The van der Waals surface area contributed by atoms with Gasteiger partial charge in [-0.05, 0) is 35.9 Å². The number of rotatable bonds is 6. The highest BCUT2D eigenvalue weighted by Crippen LogP contribution is 2.46. The lowest BCUT2D eigenvalue weighted by atomic mass is 9.79. The zero-order valence-corrected chi connectivity index (χ0v) is 19.3. The van der Waals surface area contributed by atoms with Gasteiger partial charge in [-0.3, -0.25) is 9.59 Å². The molecule has 0 saturated heterocycles. The normalized spacial score (nSPS) is 17.1. The predicted molar refractivity (Wildman–Crippen MR) is 125 cm³/mol. The summed E-state index contributed by atoms with van der Waals surface area (Å²) in [6.07, 6.45) is 0. The minimum atomic E-state index is -0.930. The van der Waals surface area contributed by atoms with Crippen molar-refractivity contribution in [3.05, 3.63) is 83.2 Å². The molecule has 7 nitrogen and oxygen atoms in total. The van der Waals surface area contributed by atoms with Gasteiger partial charge >= 0.3 is 0 Å². The number of anilines is 1. The summed E-state index contributed by atoms with van der Waals surface area (Å²) in [6.45, 7) is 0. The number of carbonyl (C=O) groups is 2. The molecular weight excluding hydrogens is 439 g/mol. The van der Waals surface area contributed by atoms with Crippen LogP contribution >= 0.6 is 0 Å². The lowest BCUT2D eigenvalue weighted by Crippen LogP contribution is -2.44. The van der Waals surface area contributed by atoms with Crippen LogP contribution in [0.4, 0.5) is 10.1 Å². The average Bonchev–Trinajstić information content (AvgIpc) is 2.85. The van der Waals surface area contributed by atoms with E-state index in [-0.39, 0.29) is 11.5 Å². The standard InChI is InChI=1S/C26H25FN2O5/c1-29-24(17-10-5-6-11-20(17)27)23(25(30)28-15-8-7-9-16(12-15)32-2)18-13-21(33-3)22(34-4)14-19(18)26(29)31/h5-14,23-24H,1-4H3,(H,28,30)/t23-,24-/m1/s1. The molecule has 1 N–H and O–H groups in total. The van der Waals surface area contributed by atoms with Crippen LogP contribution in [0, 0.1) is 5.82 Å². The first kappa shape index (κ1) is 23.1. The Balaban J connectivity index is 1.89. The summed E-state index contributed by atoms with van der Waals surface area (Å²) in [5.41, 5.74) is 1.47. The summed E-state index contributed by atoms with van der Waals surface area (Å²) in [5, 5.41) is 2.90. The smallest absolute Gasteiger partial charge is 0.254 e. The maximum Gasteiger partial charge on any atom is 0.254 e. The molecule has 0 aromatic heterocycles. The molecular formula is C26H25FN2O5. The van der Waals surface area contributed by atoms with Crippen LogP contribution in [0.2, 0.25) is 0 Å². The maximum absolute atomic E-state index is 14.9. The van der Waals surface area contributed by atoms with Crippen LogP contribution < -0.4 is 19.5 Å². The lowest BCUT2D eigenvalue weighted by molar-refractivity contribution is -0.119. The number of methoxy groups -OCH3 is 3. The summed E-state index contributed by atoms with van der Waals surface area (Å²) < 4.78 is 31.0. The van der Waals surface area contributed by atoms with Crippen molar-refractivity contribution >= 4 is 17.5 Å². The maximum atomic E-state index is 14.9. The van der Waals surface area contributed by atoms with E-state index in [1.807, 2.05) is 0 Å². The largest absolute Gasteiger partial charge is 0.497 e. The van der Waals surface area contributed by atoms with E-state index >= 15 is 0 Å². The number of hydrogen-bond donors (Lipinski definition) is 1. The number of benzene rings is 3. The van der Waals surface area contributed by atoms with Crippen molar-refractivity contribution < 1.29 is 28.2 Å². The van der Waals surface area contributed by atoms with Crippen molar-refractivity contribution in [2.45, 2.75) is 12.0 Å². The van der Waals surface area contributed by atoms with E-state index in [1.165, 1.54) is 32.3 Å². The first-order valence-electron chi connectivity index (χ1n) is 10.6. The highest BCUT2D eigenvalue weighted by molar-refractivity contribution is 6.05. The monoisotopic (exact) mass is 464 g/mol. The van der Waals surface area contributed by atoms with Crippen LogP contribution in [0.25, 0.3) is 0 Å². The third kappa shape index (κ3) is 4.03. The van der Waals surface area contributed by atoms with Gasteiger partial charge in [0.1, 0.15) is 11.6 Å². The Kier molecular flexibility index (Phi) is 6.40. The zero-order valence-electron chi connectivity index (χ0n) is 19.3. The third-order valence-corrected chi connectivity index (χ3v) is 6.02. The van der Waals surface area contributed by atoms with Gasteiger partial charge < -0.3 is 24.4 Å². The van der Waals surface area contributed by atoms with Crippen LogP contribution in [-0.2, 0) is 4.79 Å². The van der Waals surface area contributed by atoms with Gasteiger partial charge in [-0.15, -0.1) is 0 Å². The quantitative estimate of drug-likeness (QED) is 0.585. The molecule has 3 aromatic carbocycles. The second kappa shape index (κ2) is 9.43. The Hall–Kier alpha value is -4.07. The highest BCUT2D eigenvalue weighted by Gasteiger charge is 2.44. The molecule has 1 heterocycles. The van der Waals surface area contributed by atoms with Gasteiger partial charge in [0.25, 0.3) is 5.91 Å². The van der Waals surface area contributed by atoms with E-state index in [1.54, 1.807) is 61.6 Å². The van der Waals surface area contributed by atoms with E-state index < -0.39 is 23.7 Å². The van der Waals surface area contributed by atoms with E-state index in [4.69, 9.17) is 14.2 Å². The number of nitrogens with one attached hydrogen (secondary N) is 1. The van der Waals surface area contributed by atoms with Crippen LogP contribution in [0.1, 0.15) is 33.4 Å². The van der Waals surface area contributed by atoms with Crippen molar-refractivity contribution in [3.63, 3.8) is 0 Å². The molecule has 8 heteroatoms. The number of ether oxygens (including phenoxy) is 3. The van der Waals surface area contributed by atoms with Gasteiger partial charge in [0.15, 0.2) is 11.5 Å². The highest BCUT2D eigenvalue weighted by atomic mass is 19.1. The number of halogens is 1. The fraction of sp³-hybridized carbons (Fsp3) is 0.231. The zero-order chi connectivity index (χ0) is 24.4. The Morgan fingerprint density at radius 2 is 1.62 bits per heavy atom. The molecule has 1 aliphatic rings. The molecule has 0 fully saturated rings. The van der Waals surface area contributed by atoms with Gasteiger partial charge in [0, 0.05) is 29.9 Å². The van der Waals surface area contributed by atoms with E-state index in [0.717, 1.165) is 0 Å². The topological polar surface area (TPSA) is 77.1 Å². The number of fused-ring (bicyclic) bond motifs is 1. The van der Waals surface area contributed by atoms with Gasteiger partial charge in [0.05, 0.1) is 33.3 Å². The van der Waals surface area contributed by atoms with Crippen LogP contribution in [0.3, 0.4) is 0 Å². The Labute approximate surface area is 197 Å². The van der Waals surface area contributed by atoms with Crippen molar-refractivity contribution in [3.8, 4) is 17.2 Å². The summed E-state index contributed by atoms with van der Waals surface area (Å²) in [4.78, 5) is 28.5. The number of hydrogen-bond acceptors (Lipinski definition) is 5. The molecule has 176 valence electrons. The second-order valence-corrected chi connectivity index (χ2v) is 7.88. The molecule has 1 aliphatic heterocycles. The summed E-state index contributed by atoms with van der Waals surface area (Å²) in [5.74, 6) is -0.893. The van der Waals surface area contributed by atoms with Crippen molar-refractivity contribution in [1.82, 2.24) is 4.90 Å². The van der Waals surface area contributed by atoms with Gasteiger partial charge in [-0.1, -0.05) is 24.3 Å². The van der Waals surface area contributed by atoms with Gasteiger partial charge in [-0.25, -0.2) is 4.39 Å². The number of amides is 2. The summed E-state index contributed by atoms with van der Waals surface area (Å²) >= 11 is 0. The number of likely N-dealkylation sites (N-methyl/N-ethyl adjacent to an activating group) is 1. The molecule has 2 atom stereocenters. The fourth-order valence-corrected chi connectivity index (χ4v) is 4.36. The molecule has 0 aliphatic carbocycles. The molecule has 0 spiro atoms. The van der Waals surface area contributed by atoms with Crippen molar-refractivity contribution in [2.75, 3.05) is 33.7 Å². The minimum absolute atomic E-state index is 0.240. The number of carbonyl (C=O) groups excluding carboxylic acids is 2. The molecule has 34 heavy (non-hydrogen) atoms. The molecule has 0 radical (unpaired) electrons. The minimum Gasteiger partial charge on any atom is -0.497 e. The van der Waals surface area contributed by atoms with E-state index in [0.29, 0.717) is 34.1 Å². The Morgan fingerprint density at radius 3 is 2.29 bits per heavy atom. The second-order valence-electron chi connectivity index (χ2n) is 7.88. The fourth-order valence-electron chi connectivity index (χ4n) is 4.36. The first-order valence-corrected chi connectivity index (χ1v) is 10.6. The van der Waals surface area contributed by atoms with Crippen molar-refractivity contribution in [2.24, 2.45) is 0 Å². The van der Waals surface area contributed by atoms with Gasteiger partial charge in [0.2, 0.25) is 5.91 Å². The SMILES string of the molecule is COc1cccc(NC(=O)[C@@H]2c3cc(OC)c(OC)cc3C(=O)N(C)[C@@H]2c2ccccc2F)c1. The molecule has 3 aromatic rings. The van der Waals surface area contributed by atoms with Crippen LogP contribution in [0.5, 0.6) is 17.2 Å². The third-order valence-electron chi connectivity index (χ3n) is 6.02. The van der Waals surface area contributed by atoms with Crippen LogP contribution in [0.15, 0.2) is 60.7 Å². The lowest BCUT2D eigenvalue weighted by Gasteiger charge is -2.40. The Morgan fingerprint density at radius 1 is 0.912 bits per heavy atom. The summed E-state index contributed by atoms with van der Waals surface area (Å²) in [6, 6.07) is 15.3.